The normalized spacial score (nSPS) is 18.5. The topological polar surface area (TPSA) is 126 Å². The number of allylic oxidation sites excluding steroid dienone is 2. The summed E-state index contributed by atoms with van der Waals surface area (Å²) < 4.78 is 67.7. The van der Waals surface area contributed by atoms with Gasteiger partial charge in [-0.3, -0.25) is 9.59 Å². The molecule has 0 aliphatic carbocycles. The molecule has 2 heterocycles. The summed E-state index contributed by atoms with van der Waals surface area (Å²) in [5.74, 6) is -3.37. The van der Waals surface area contributed by atoms with Gasteiger partial charge in [-0.2, -0.15) is 10.4 Å². The van der Waals surface area contributed by atoms with Crippen molar-refractivity contribution >= 4 is 29.8 Å². The largest absolute Gasteiger partial charge is 0.466 e. The van der Waals surface area contributed by atoms with E-state index in [2.05, 4.69) is 10.1 Å². The molecule has 0 N–H and O–H groups in total. The zero-order valence-corrected chi connectivity index (χ0v) is 26.5. The molecule has 47 heavy (non-hydrogen) atoms. The zero-order valence-electron chi connectivity index (χ0n) is 25.7. The van der Waals surface area contributed by atoms with Gasteiger partial charge >= 0.3 is 11.9 Å². The predicted molar refractivity (Wildman–Crippen MR) is 166 cm³/mol. The number of nitriles is 1. The number of thioether (sulfide) groups is 1. The molecule has 1 saturated heterocycles. The van der Waals surface area contributed by atoms with Gasteiger partial charge in [0.25, 0.3) is 0 Å². The van der Waals surface area contributed by atoms with Crippen LogP contribution in [0.25, 0.3) is 6.08 Å². The lowest BCUT2D eigenvalue weighted by molar-refractivity contribution is -0.164. The number of ether oxygens (including phenoxy) is 4. The summed E-state index contributed by atoms with van der Waals surface area (Å²) in [6.45, 7) is 3.36. The average molecular weight is 671 g/mol. The van der Waals surface area contributed by atoms with Gasteiger partial charge in [0.15, 0.2) is 11.9 Å². The quantitative estimate of drug-likeness (QED) is 0.124. The van der Waals surface area contributed by atoms with Crippen LogP contribution in [-0.4, -0.2) is 63.3 Å². The molecule has 4 rings (SSSR count). The van der Waals surface area contributed by atoms with E-state index in [0.29, 0.717) is 5.56 Å². The minimum atomic E-state index is -1.67. The second-order valence-electron chi connectivity index (χ2n) is 10.6. The lowest BCUT2D eigenvalue weighted by Crippen LogP contribution is -2.47. The molecule has 1 aromatic heterocycles. The van der Waals surface area contributed by atoms with Crippen molar-refractivity contribution in [1.82, 2.24) is 14.8 Å². The first-order valence-electron chi connectivity index (χ1n) is 14.7. The van der Waals surface area contributed by atoms with Crippen molar-refractivity contribution < 1.29 is 41.7 Å². The van der Waals surface area contributed by atoms with Crippen molar-refractivity contribution in [2.75, 3.05) is 19.8 Å². The fourth-order valence-corrected chi connectivity index (χ4v) is 6.17. The summed E-state index contributed by atoms with van der Waals surface area (Å²) in [6, 6.07) is 9.15. The molecule has 2 aromatic carbocycles. The molecule has 0 spiro atoms. The third-order valence-electron chi connectivity index (χ3n) is 7.11. The zero-order chi connectivity index (χ0) is 33.8. The standard InChI is InChI=1S/C33H33F3N4O6S/c1-22(47-27-17-44-32(45-18-27)8-4-3-6-25-10-9-24(16-37)14-29(25)35)33(19-40-21-38-20-39-40,28-12-11-26(34)15-30(28)36)46-31(42)7-5-13-43-23(2)41/h3-4,6,8-12,14-15,20-22,27,32H,5,7,13,17-19H2,1-2H3/t22-,27?,32?,33-/m1/s1. The van der Waals surface area contributed by atoms with E-state index < -0.39 is 46.5 Å². The molecule has 14 heteroatoms. The molecule has 1 fully saturated rings. The fourth-order valence-electron chi connectivity index (χ4n) is 4.81. The van der Waals surface area contributed by atoms with Crippen molar-refractivity contribution in [1.29, 1.82) is 5.26 Å². The summed E-state index contributed by atoms with van der Waals surface area (Å²) in [5, 5.41) is 12.1. The Balaban J connectivity index is 1.47. The van der Waals surface area contributed by atoms with Crippen molar-refractivity contribution in [2.24, 2.45) is 0 Å². The van der Waals surface area contributed by atoms with Crippen LogP contribution >= 0.6 is 11.8 Å². The van der Waals surface area contributed by atoms with E-state index in [1.54, 1.807) is 31.2 Å². The molecular weight excluding hydrogens is 637 g/mol. The number of benzene rings is 2. The molecule has 3 aromatic rings. The van der Waals surface area contributed by atoms with Crippen LogP contribution < -0.4 is 0 Å². The van der Waals surface area contributed by atoms with Gasteiger partial charge in [-0.25, -0.2) is 22.8 Å². The minimum absolute atomic E-state index is 0.00417. The number of nitrogens with zero attached hydrogens (tertiary/aromatic N) is 4. The maximum Gasteiger partial charge on any atom is 0.306 e. The molecule has 0 amide bonds. The Morgan fingerprint density at radius 3 is 2.62 bits per heavy atom. The molecule has 10 nitrogen and oxygen atoms in total. The number of halogens is 3. The lowest BCUT2D eigenvalue weighted by atomic mass is 9.89. The molecule has 2 atom stereocenters. The van der Waals surface area contributed by atoms with E-state index in [4.69, 9.17) is 24.2 Å². The van der Waals surface area contributed by atoms with E-state index >= 15 is 4.39 Å². The highest BCUT2D eigenvalue weighted by Gasteiger charge is 2.46. The van der Waals surface area contributed by atoms with Crippen LogP contribution in [0.15, 0.2) is 67.3 Å². The van der Waals surface area contributed by atoms with Gasteiger partial charge in [-0.1, -0.05) is 24.3 Å². The Morgan fingerprint density at radius 2 is 1.96 bits per heavy atom. The molecule has 0 radical (unpaired) electrons. The highest BCUT2D eigenvalue weighted by atomic mass is 32.2. The highest BCUT2D eigenvalue weighted by Crippen LogP contribution is 2.42. The number of hydrogen-bond acceptors (Lipinski definition) is 10. The molecule has 1 aliphatic rings. The second-order valence-corrected chi connectivity index (χ2v) is 12.2. The van der Waals surface area contributed by atoms with Gasteiger partial charge in [0, 0.05) is 35.8 Å². The number of carbonyl (C=O) groups excluding carboxylic acids is 2. The Hall–Kier alpha value is -4.45. The van der Waals surface area contributed by atoms with E-state index in [1.165, 1.54) is 54.2 Å². The van der Waals surface area contributed by atoms with Crippen LogP contribution in [0.5, 0.6) is 0 Å². The van der Waals surface area contributed by atoms with Crippen LogP contribution in [0.1, 0.15) is 43.4 Å². The Labute approximate surface area is 274 Å². The number of hydrogen-bond donors (Lipinski definition) is 0. The van der Waals surface area contributed by atoms with E-state index in [0.717, 1.165) is 18.2 Å². The van der Waals surface area contributed by atoms with E-state index in [1.807, 2.05) is 6.07 Å². The second kappa shape index (κ2) is 16.9. The molecule has 0 bridgehead atoms. The van der Waals surface area contributed by atoms with Crippen LogP contribution in [0.2, 0.25) is 0 Å². The highest BCUT2D eigenvalue weighted by molar-refractivity contribution is 8.00. The molecule has 0 unspecified atom stereocenters. The van der Waals surface area contributed by atoms with Gasteiger partial charge in [-0.05, 0) is 43.7 Å². The fraction of sp³-hybridized carbons (Fsp3) is 0.364. The Morgan fingerprint density at radius 1 is 1.17 bits per heavy atom. The van der Waals surface area contributed by atoms with Crippen LogP contribution in [0.4, 0.5) is 13.2 Å². The monoisotopic (exact) mass is 670 g/mol. The summed E-state index contributed by atoms with van der Waals surface area (Å²) in [6.07, 6.45) is 8.55. The van der Waals surface area contributed by atoms with Crippen molar-refractivity contribution in [3.05, 3.63) is 101 Å². The SMILES string of the molecule is CC(=O)OCCCC(=O)O[C@@](Cn1cncn1)(c1ccc(F)cc1F)[C@@H](C)SC1COC(C=CC=Cc2ccc(C#N)cc2F)OC1. The van der Waals surface area contributed by atoms with Gasteiger partial charge in [0.1, 0.15) is 30.1 Å². The number of rotatable bonds is 14. The van der Waals surface area contributed by atoms with Gasteiger partial charge in [0.05, 0.1) is 43.2 Å². The van der Waals surface area contributed by atoms with Crippen LogP contribution in [0.3, 0.4) is 0 Å². The van der Waals surface area contributed by atoms with Gasteiger partial charge in [0.2, 0.25) is 0 Å². The van der Waals surface area contributed by atoms with Gasteiger partial charge in [-0.15, -0.1) is 11.8 Å². The summed E-state index contributed by atoms with van der Waals surface area (Å²) in [7, 11) is 0. The maximum atomic E-state index is 15.5. The van der Waals surface area contributed by atoms with E-state index in [-0.39, 0.29) is 55.6 Å². The van der Waals surface area contributed by atoms with E-state index in [9.17, 15) is 18.4 Å². The number of carbonyl (C=O) groups is 2. The maximum absolute atomic E-state index is 15.5. The third kappa shape index (κ3) is 10.0. The smallest absolute Gasteiger partial charge is 0.306 e. The van der Waals surface area contributed by atoms with Crippen LogP contribution in [0, 0.1) is 28.8 Å². The summed E-state index contributed by atoms with van der Waals surface area (Å²) >= 11 is 1.34. The molecule has 248 valence electrons. The average Bonchev–Trinajstić information content (AvgIpc) is 3.55. The first-order valence-corrected chi connectivity index (χ1v) is 15.6. The van der Waals surface area contributed by atoms with Gasteiger partial charge < -0.3 is 18.9 Å². The summed E-state index contributed by atoms with van der Waals surface area (Å²) in [5.41, 5.74) is -1.17. The Kier molecular flexibility index (Phi) is 12.7. The minimum Gasteiger partial charge on any atom is -0.466 e. The molecule has 1 aliphatic heterocycles. The van der Waals surface area contributed by atoms with Crippen molar-refractivity contribution in [3.8, 4) is 6.07 Å². The number of esters is 2. The molecule has 0 saturated carbocycles. The first kappa shape index (κ1) is 35.4. The molecular formula is C33H33F3N4O6S. The van der Waals surface area contributed by atoms with Crippen molar-refractivity contribution in [3.63, 3.8) is 0 Å². The third-order valence-corrected chi connectivity index (χ3v) is 8.55. The Bertz CT molecular complexity index is 1620. The summed E-state index contributed by atoms with van der Waals surface area (Å²) in [4.78, 5) is 28.2. The number of aromatic nitrogens is 3. The first-order chi connectivity index (χ1) is 22.6. The predicted octanol–water partition coefficient (Wildman–Crippen LogP) is 5.48. The lowest BCUT2D eigenvalue weighted by Gasteiger charge is -2.40. The van der Waals surface area contributed by atoms with Crippen LogP contribution in [-0.2, 0) is 40.7 Å². The van der Waals surface area contributed by atoms with Crippen molar-refractivity contribution in [2.45, 2.75) is 55.6 Å².